The fraction of sp³-hybridized carbons (Fsp3) is 0.533. The molecule has 3 rings (SSSR count). The lowest BCUT2D eigenvalue weighted by atomic mass is 9.90. The van der Waals surface area contributed by atoms with Crippen molar-refractivity contribution in [3.8, 4) is 0 Å². The van der Waals surface area contributed by atoms with Gasteiger partial charge in [0.05, 0.1) is 11.7 Å². The number of esters is 1. The molecule has 0 spiro atoms. The average Bonchev–Trinajstić information content (AvgIpc) is 2.72. The van der Waals surface area contributed by atoms with Crippen molar-refractivity contribution in [2.45, 2.75) is 50.5 Å². The van der Waals surface area contributed by atoms with Gasteiger partial charge >= 0.3 is 5.97 Å². The zero-order chi connectivity index (χ0) is 14.5. The van der Waals surface area contributed by atoms with E-state index >= 15 is 0 Å². The van der Waals surface area contributed by atoms with Crippen LogP contribution in [-0.4, -0.2) is 40.8 Å². The highest BCUT2D eigenvalue weighted by molar-refractivity contribution is 5.89. The second-order valence-electron chi connectivity index (χ2n) is 5.75. The standard InChI is InChI=1S/C15H18O5/c1-9-14(2)12(15(3,19-9)13(17)20-14)18-11(16)10-7-5-4-6-8-10/h4-9,12-13,17H,1-3H3/t9-,12+,13?,14+,15-/m0/s1. The minimum absolute atomic E-state index is 0.260. The number of fused-ring (bicyclic) bond motifs is 2. The van der Waals surface area contributed by atoms with Gasteiger partial charge in [0.25, 0.3) is 0 Å². The van der Waals surface area contributed by atoms with E-state index < -0.39 is 29.6 Å². The highest BCUT2D eigenvalue weighted by Gasteiger charge is 2.71. The maximum absolute atomic E-state index is 12.2. The van der Waals surface area contributed by atoms with Crippen LogP contribution in [0, 0.1) is 0 Å². The summed E-state index contributed by atoms with van der Waals surface area (Å²) < 4.78 is 16.9. The quantitative estimate of drug-likeness (QED) is 0.830. The Balaban J connectivity index is 1.86. The topological polar surface area (TPSA) is 65.0 Å². The van der Waals surface area contributed by atoms with Crippen LogP contribution in [-0.2, 0) is 14.2 Å². The predicted octanol–water partition coefficient (Wildman–Crippen LogP) is 1.50. The Morgan fingerprint density at radius 1 is 1.20 bits per heavy atom. The zero-order valence-electron chi connectivity index (χ0n) is 11.7. The minimum Gasteiger partial charge on any atom is -0.452 e. The molecule has 1 aromatic carbocycles. The van der Waals surface area contributed by atoms with Crippen molar-refractivity contribution < 1.29 is 24.1 Å². The molecule has 0 saturated carbocycles. The number of aliphatic hydroxyl groups excluding tert-OH is 1. The maximum atomic E-state index is 12.2. The third-order valence-corrected chi connectivity index (χ3v) is 4.37. The van der Waals surface area contributed by atoms with E-state index in [1.807, 2.05) is 13.0 Å². The van der Waals surface area contributed by atoms with Gasteiger partial charge in [0.1, 0.15) is 5.60 Å². The Hall–Kier alpha value is -1.43. The van der Waals surface area contributed by atoms with Gasteiger partial charge in [0.15, 0.2) is 18.0 Å². The number of benzene rings is 1. The lowest BCUT2D eigenvalue weighted by Gasteiger charge is -2.32. The summed E-state index contributed by atoms with van der Waals surface area (Å²) in [5.74, 6) is -0.441. The molecular weight excluding hydrogens is 260 g/mol. The highest BCUT2D eigenvalue weighted by atomic mass is 16.7. The van der Waals surface area contributed by atoms with Gasteiger partial charge in [-0.2, -0.15) is 0 Å². The SMILES string of the molecule is C[C@@H]1O[C@]2(C)C(O)O[C@@]1(C)[C@H]2OC(=O)c1ccccc1. The molecule has 1 unspecified atom stereocenters. The number of hydrogen-bond acceptors (Lipinski definition) is 5. The van der Waals surface area contributed by atoms with E-state index in [0.717, 1.165) is 0 Å². The summed E-state index contributed by atoms with van der Waals surface area (Å²) in [6.45, 7) is 5.35. The summed E-state index contributed by atoms with van der Waals surface area (Å²) >= 11 is 0. The van der Waals surface area contributed by atoms with Gasteiger partial charge in [0.2, 0.25) is 0 Å². The summed E-state index contributed by atoms with van der Waals surface area (Å²) in [5.41, 5.74) is -1.40. The molecule has 2 aliphatic rings. The normalized spacial score (nSPS) is 42.7. The van der Waals surface area contributed by atoms with Crippen LogP contribution in [0.3, 0.4) is 0 Å². The van der Waals surface area contributed by atoms with E-state index in [9.17, 15) is 9.90 Å². The van der Waals surface area contributed by atoms with Crippen LogP contribution in [0.5, 0.6) is 0 Å². The summed E-state index contributed by atoms with van der Waals surface area (Å²) in [7, 11) is 0. The first-order chi connectivity index (χ1) is 9.38. The van der Waals surface area contributed by atoms with Crippen LogP contribution in [0.25, 0.3) is 0 Å². The van der Waals surface area contributed by atoms with Crippen LogP contribution < -0.4 is 0 Å². The molecule has 5 nitrogen and oxygen atoms in total. The zero-order valence-corrected chi connectivity index (χ0v) is 11.7. The lowest BCUT2D eigenvalue weighted by Crippen LogP contribution is -2.46. The Morgan fingerprint density at radius 3 is 2.40 bits per heavy atom. The first kappa shape index (κ1) is 13.5. The molecular formula is C15H18O5. The smallest absolute Gasteiger partial charge is 0.338 e. The van der Waals surface area contributed by atoms with E-state index in [1.165, 1.54) is 0 Å². The molecule has 2 bridgehead atoms. The van der Waals surface area contributed by atoms with E-state index in [1.54, 1.807) is 38.1 Å². The maximum Gasteiger partial charge on any atom is 0.338 e. The number of aliphatic hydroxyl groups is 1. The van der Waals surface area contributed by atoms with Crippen LogP contribution in [0.4, 0.5) is 0 Å². The van der Waals surface area contributed by atoms with Gasteiger partial charge in [-0.25, -0.2) is 4.79 Å². The lowest BCUT2D eigenvalue weighted by molar-refractivity contribution is -0.271. The van der Waals surface area contributed by atoms with Gasteiger partial charge in [0, 0.05) is 0 Å². The molecule has 5 heteroatoms. The Morgan fingerprint density at radius 2 is 1.85 bits per heavy atom. The van der Waals surface area contributed by atoms with Crippen molar-refractivity contribution >= 4 is 5.97 Å². The fourth-order valence-electron chi connectivity index (χ4n) is 3.03. The average molecular weight is 278 g/mol. The first-order valence-corrected chi connectivity index (χ1v) is 6.67. The number of ether oxygens (including phenoxy) is 3. The third-order valence-electron chi connectivity index (χ3n) is 4.37. The van der Waals surface area contributed by atoms with Crippen molar-refractivity contribution in [1.82, 2.24) is 0 Å². The summed E-state index contributed by atoms with van der Waals surface area (Å²) in [6, 6.07) is 8.75. The number of hydrogen-bond donors (Lipinski definition) is 1. The number of carbonyl (C=O) groups excluding carboxylic acids is 1. The molecule has 2 fully saturated rings. The second-order valence-corrected chi connectivity index (χ2v) is 5.75. The molecule has 20 heavy (non-hydrogen) atoms. The molecule has 1 N–H and O–H groups in total. The molecule has 0 aliphatic carbocycles. The van der Waals surface area contributed by atoms with Crippen LogP contribution in [0.2, 0.25) is 0 Å². The van der Waals surface area contributed by atoms with Gasteiger partial charge < -0.3 is 19.3 Å². The molecule has 5 atom stereocenters. The van der Waals surface area contributed by atoms with Crippen LogP contribution in [0.1, 0.15) is 31.1 Å². The molecule has 0 amide bonds. The number of carbonyl (C=O) groups is 1. The second kappa shape index (κ2) is 4.28. The van der Waals surface area contributed by atoms with Crippen LogP contribution >= 0.6 is 0 Å². The Kier molecular flexibility index (Phi) is 2.90. The largest absolute Gasteiger partial charge is 0.452 e. The number of rotatable bonds is 2. The Bertz CT molecular complexity index is 508. The van der Waals surface area contributed by atoms with E-state index in [4.69, 9.17) is 14.2 Å². The summed E-state index contributed by atoms with van der Waals surface area (Å²) in [5, 5.41) is 9.98. The molecule has 2 aliphatic heterocycles. The summed E-state index contributed by atoms with van der Waals surface area (Å²) in [6.07, 6.45) is -2.01. The van der Waals surface area contributed by atoms with E-state index in [0.29, 0.717) is 5.56 Å². The van der Waals surface area contributed by atoms with Gasteiger partial charge in [-0.05, 0) is 32.9 Å². The van der Waals surface area contributed by atoms with Gasteiger partial charge in [-0.15, -0.1) is 0 Å². The van der Waals surface area contributed by atoms with Gasteiger partial charge in [-0.1, -0.05) is 18.2 Å². The first-order valence-electron chi connectivity index (χ1n) is 6.67. The van der Waals surface area contributed by atoms with Crippen molar-refractivity contribution in [2.24, 2.45) is 0 Å². The molecule has 1 aromatic rings. The van der Waals surface area contributed by atoms with Crippen molar-refractivity contribution in [3.63, 3.8) is 0 Å². The Labute approximate surface area is 117 Å². The molecule has 2 saturated heterocycles. The van der Waals surface area contributed by atoms with Gasteiger partial charge in [-0.3, -0.25) is 0 Å². The predicted molar refractivity (Wildman–Crippen MR) is 70.1 cm³/mol. The van der Waals surface area contributed by atoms with E-state index in [2.05, 4.69) is 0 Å². The molecule has 108 valence electrons. The monoisotopic (exact) mass is 278 g/mol. The third kappa shape index (κ3) is 1.70. The van der Waals surface area contributed by atoms with Crippen molar-refractivity contribution in [3.05, 3.63) is 35.9 Å². The molecule has 0 aromatic heterocycles. The van der Waals surface area contributed by atoms with Crippen molar-refractivity contribution in [2.75, 3.05) is 0 Å². The minimum atomic E-state index is -1.10. The summed E-state index contributed by atoms with van der Waals surface area (Å²) in [4.78, 5) is 12.2. The van der Waals surface area contributed by atoms with Crippen LogP contribution in [0.15, 0.2) is 30.3 Å². The highest BCUT2D eigenvalue weighted by Crippen LogP contribution is 2.51. The molecule has 0 radical (unpaired) electrons. The van der Waals surface area contributed by atoms with E-state index in [-0.39, 0.29) is 6.10 Å². The fourth-order valence-corrected chi connectivity index (χ4v) is 3.03. The molecule has 2 heterocycles. The van der Waals surface area contributed by atoms with Crippen molar-refractivity contribution in [1.29, 1.82) is 0 Å².